The van der Waals surface area contributed by atoms with Gasteiger partial charge in [0.2, 0.25) is 17.6 Å². The summed E-state index contributed by atoms with van der Waals surface area (Å²) in [6.45, 7) is 0. The Bertz CT molecular complexity index is 1290. The van der Waals surface area contributed by atoms with Gasteiger partial charge in [-0.3, -0.25) is 4.79 Å². The summed E-state index contributed by atoms with van der Waals surface area (Å²) < 4.78 is 5.33. The monoisotopic (exact) mass is 457 g/mol. The van der Waals surface area contributed by atoms with Gasteiger partial charge in [0.15, 0.2) is 0 Å². The first-order valence-corrected chi connectivity index (χ1v) is 11.8. The molecule has 33 heavy (non-hydrogen) atoms. The average Bonchev–Trinajstić information content (AvgIpc) is 3.59. The molecule has 0 saturated carbocycles. The van der Waals surface area contributed by atoms with Crippen molar-refractivity contribution in [1.82, 2.24) is 25.4 Å². The Balaban J connectivity index is 1.23. The molecule has 5 aromatic rings. The molecule has 1 amide bonds. The molecule has 5 rings (SSSR count). The predicted octanol–water partition coefficient (Wildman–Crippen LogP) is 5.10. The van der Waals surface area contributed by atoms with Crippen LogP contribution in [0.4, 0.5) is 0 Å². The highest BCUT2D eigenvalue weighted by molar-refractivity contribution is 7.13. The second-order valence-electron chi connectivity index (χ2n) is 7.79. The third-order valence-electron chi connectivity index (χ3n) is 5.36. The van der Waals surface area contributed by atoms with Gasteiger partial charge in [0.25, 0.3) is 0 Å². The van der Waals surface area contributed by atoms with Gasteiger partial charge in [-0.25, -0.2) is 4.98 Å². The van der Waals surface area contributed by atoms with Crippen LogP contribution in [-0.2, 0) is 17.6 Å². The number of benzene rings is 2. The summed E-state index contributed by atoms with van der Waals surface area (Å²) in [6.07, 6.45) is 2.19. The van der Waals surface area contributed by atoms with Crippen LogP contribution in [-0.4, -0.2) is 26.0 Å². The number of thiophene rings is 1. The fraction of sp³-hybridized carbons (Fsp3) is 0.200. The molecule has 0 spiro atoms. The van der Waals surface area contributed by atoms with Gasteiger partial charge in [-0.1, -0.05) is 53.7 Å². The van der Waals surface area contributed by atoms with Crippen molar-refractivity contribution in [1.29, 1.82) is 0 Å². The molecule has 8 heteroatoms. The van der Waals surface area contributed by atoms with Gasteiger partial charge in [-0.2, -0.15) is 4.98 Å². The second-order valence-corrected chi connectivity index (χ2v) is 8.74. The fourth-order valence-corrected chi connectivity index (χ4v) is 4.38. The molecular formula is C25H23N5O2S. The van der Waals surface area contributed by atoms with E-state index in [2.05, 4.69) is 32.6 Å². The summed E-state index contributed by atoms with van der Waals surface area (Å²) in [7, 11) is 0. The van der Waals surface area contributed by atoms with E-state index in [-0.39, 0.29) is 11.9 Å². The minimum atomic E-state index is -0.249. The maximum Gasteiger partial charge on any atom is 0.226 e. The van der Waals surface area contributed by atoms with E-state index in [1.807, 2.05) is 60.0 Å². The third kappa shape index (κ3) is 5.18. The number of carbonyl (C=O) groups excluding carboxylic acids is 1. The quantitative estimate of drug-likeness (QED) is 0.321. The Morgan fingerprint density at radius 3 is 2.70 bits per heavy atom. The normalized spacial score (nSPS) is 12.1. The van der Waals surface area contributed by atoms with Crippen molar-refractivity contribution in [2.45, 2.75) is 31.7 Å². The maximum atomic E-state index is 12.8. The van der Waals surface area contributed by atoms with Crippen LogP contribution in [0.25, 0.3) is 21.7 Å². The highest BCUT2D eigenvalue weighted by atomic mass is 32.1. The van der Waals surface area contributed by atoms with Crippen LogP contribution < -0.4 is 5.32 Å². The molecule has 2 N–H and O–H groups in total. The van der Waals surface area contributed by atoms with Crippen LogP contribution in [0, 0.1) is 0 Å². The molecule has 0 aliphatic rings. The van der Waals surface area contributed by atoms with Crippen molar-refractivity contribution >= 4 is 28.3 Å². The minimum absolute atomic E-state index is 0.0330. The van der Waals surface area contributed by atoms with Gasteiger partial charge in [0.1, 0.15) is 5.82 Å². The molecule has 0 unspecified atom stereocenters. The van der Waals surface area contributed by atoms with Gasteiger partial charge in [0.05, 0.1) is 22.0 Å². The molecule has 0 fully saturated rings. The maximum absolute atomic E-state index is 12.8. The molecule has 1 atom stereocenters. The summed E-state index contributed by atoms with van der Waals surface area (Å²) in [4.78, 5) is 26.3. The number of aromatic amines is 1. The number of nitrogens with one attached hydrogen (secondary N) is 2. The number of hydrogen-bond acceptors (Lipinski definition) is 6. The van der Waals surface area contributed by atoms with Crippen molar-refractivity contribution in [3.8, 4) is 10.7 Å². The van der Waals surface area contributed by atoms with Crippen LogP contribution in [0.1, 0.15) is 36.2 Å². The molecule has 0 bridgehead atoms. The van der Waals surface area contributed by atoms with E-state index in [1.165, 1.54) is 0 Å². The predicted molar refractivity (Wildman–Crippen MR) is 128 cm³/mol. The number of rotatable bonds is 9. The van der Waals surface area contributed by atoms with E-state index in [1.54, 1.807) is 11.3 Å². The highest BCUT2D eigenvalue weighted by Gasteiger charge is 2.19. The molecule has 0 saturated heterocycles. The van der Waals surface area contributed by atoms with E-state index >= 15 is 0 Å². The van der Waals surface area contributed by atoms with E-state index in [0.717, 1.165) is 27.3 Å². The Morgan fingerprint density at radius 1 is 1.03 bits per heavy atom. The third-order valence-corrected chi connectivity index (χ3v) is 6.23. The zero-order valence-corrected chi connectivity index (χ0v) is 18.7. The molecule has 0 aliphatic carbocycles. The standard InChI is InChI=1S/C25H23N5O2S/c31-22(13-6-14-23-29-25(30-32-23)21-12-7-15-33-21)26-20(16-17-8-2-1-3-9-17)24-27-18-10-4-5-11-19(18)28-24/h1-5,7-12,15,20H,6,13-14,16H2,(H,26,31)(H,27,28)/t20-/m0/s1. The zero-order chi connectivity index (χ0) is 22.5. The Kier molecular flexibility index (Phi) is 6.25. The van der Waals surface area contributed by atoms with Crippen molar-refractivity contribution in [3.05, 3.63) is 89.4 Å². The van der Waals surface area contributed by atoms with Gasteiger partial charge < -0.3 is 14.8 Å². The Hall–Kier alpha value is -3.78. The number of aromatic nitrogens is 4. The fourth-order valence-electron chi connectivity index (χ4n) is 3.73. The number of H-pyrrole nitrogens is 1. The zero-order valence-electron chi connectivity index (χ0n) is 17.9. The summed E-state index contributed by atoms with van der Waals surface area (Å²) in [5.74, 6) is 1.86. The van der Waals surface area contributed by atoms with Crippen LogP contribution in [0.2, 0.25) is 0 Å². The van der Waals surface area contributed by atoms with Crippen LogP contribution in [0.15, 0.2) is 76.6 Å². The smallest absolute Gasteiger partial charge is 0.226 e. The van der Waals surface area contributed by atoms with Crippen molar-refractivity contribution < 1.29 is 9.32 Å². The first-order chi connectivity index (χ1) is 16.2. The van der Waals surface area contributed by atoms with Gasteiger partial charge in [-0.15, -0.1) is 11.3 Å². The lowest BCUT2D eigenvalue weighted by Gasteiger charge is -2.17. The number of fused-ring (bicyclic) bond motifs is 1. The number of aryl methyl sites for hydroxylation is 1. The number of hydrogen-bond donors (Lipinski definition) is 2. The highest BCUT2D eigenvalue weighted by Crippen LogP contribution is 2.22. The Morgan fingerprint density at radius 2 is 1.88 bits per heavy atom. The van der Waals surface area contributed by atoms with Crippen molar-refractivity contribution in [2.75, 3.05) is 0 Å². The second kappa shape index (κ2) is 9.79. The Labute approximate surface area is 194 Å². The molecule has 166 valence electrons. The average molecular weight is 458 g/mol. The van der Waals surface area contributed by atoms with Crippen LogP contribution >= 0.6 is 11.3 Å². The SMILES string of the molecule is O=C(CCCc1nc(-c2cccs2)no1)N[C@@H](Cc1ccccc1)c1nc2ccccc2[nH]1. The van der Waals surface area contributed by atoms with E-state index < -0.39 is 0 Å². The van der Waals surface area contributed by atoms with Gasteiger partial charge >= 0.3 is 0 Å². The van der Waals surface area contributed by atoms with Crippen molar-refractivity contribution in [3.63, 3.8) is 0 Å². The first-order valence-electron chi connectivity index (χ1n) is 10.9. The molecule has 3 heterocycles. The van der Waals surface area contributed by atoms with Crippen LogP contribution in [0.3, 0.4) is 0 Å². The van der Waals surface area contributed by atoms with Crippen LogP contribution in [0.5, 0.6) is 0 Å². The lowest BCUT2D eigenvalue weighted by atomic mass is 10.0. The molecule has 7 nitrogen and oxygen atoms in total. The van der Waals surface area contributed by atoms with Crippen molar-refractivity contribution in [2.24, 2.45) is 0 Å². The molecule has 2 aromatic carbocycles. The number of imidazole rings is 1. The van der Waals surface area contributed by atoms with Gasteiger partial charge in [0, 0.05) is 12.8 Å². The summed E-state index contributed by atoms with van der Waals surface area (Å²) in [6, 6.07) is 21.6. The van der Waals surface area contributed by atoms with E-state index in [9.17, 15) is 4.79 Å². The molecule has 3 aromatic heterocycles. The van der Waals surface area contributed by atoms with Gasteiger partial charge in [-0.05, 0) is 42.0 Å². The summed E-state index contributed by atoms with van der Waals surface area (Å²) >= 11 is 1.57. The summed E-state index contributed by atoms with van der Waals surface area (Å²) in [5, 5.41) is 9.16. The largest absolute Gasteiger partial charge is 0.346 e. The number of nitrogens with zero attached hydrogens (tertiary/aromatic N) is 3. The molecule has 0 aliphatic heterocycles. The molecule has 0 radical (unpaired) electrons. The number of carbonyl (C=O) groups is 1. The number of para-hydroxylation sites is 2. The summed E-state index contributed by atoms with van der Waals surface area (Å²) in [5.41, 5.74) is 2.98. The molecular weight excluding hydrogens is 434 g/mol. The minimum Gasteiger partial charge on any atom is -0.346 e. The lowest BCUT2D eigenvalue weighted by Crippen LogP contribution is -2.30. The topological polar surface area (TPSA) is 96.7 Å². The number of amides is 1. The van der Waals surface area contributed by atoms with E-state index in [0.29, 0.717) is 37.4 Å². The first kappa shape index (κ1) is 21.1. The lowest BCUT2D eigenvalue weighted by molar-refractivity contribution is -0.122. The van der Waals surface area contributed by atoms with E-state index in [4.69, 9.17) is 9.51 Å².